The van der Waals surface area contributed by atoms with Gasteiger partial charge in [0.2, 0.25) is 0 Å². The van der Waals surface area contributed by atoms with E-state index in [9.17, 15) is 10.1 Å². The van der Waals surface area contributed by atoms with Gasteiger partial charge in [0.1, 0.15) is 5.82 Å². The van der Waals surface area contributed by atoms with Crippen LogP contribution in [0.25, 0.3) is 17.0 Å². The number of rotatable bonds is 6. The quantitative estimate of drug-likeness (QED) is 0.319. The topological polar surface area (TPSA) is 92.9 Å². The summed E-state index contributed by atoms with van der Waals surface area (Å²) in [5.41, 5.74) is 8.58. The minimum atomic E-state index is -0.377. The number of hydrogen-bond donors (Lipinski definition) is 1. The smallest absolute Gasteiger partial charge is 0.269 e. The molecule has 1 fully saturated rings. The van der Waals surface area contributed by atoms with Crippen LogP contribution in [0.2, 0.25) is 0 Å². The maximum Gasteiger partial charge on any atom is 0.269 e. The van der Waals surface area contributed by atoms with E-state index in [1.165, 1.54) is 11.3 Å². The molecule has 1 aliphatic carbocycles. The maximum absolute atomic E-state index is 11.0. The van der Waals surface area contributed by atoms with Gasteiger partial charge in [0.25, 0.3) is 5.69 Å². The molecule has 34 heavy (non-hydrogen) atoms. The molecule has 2 aromatic carbocycles. The van der Waals surface area contributed by atoms with Gasteiger partial charge < -0.3 is 9.64 Å². The van der Waals surface area contributed by atoms with Crippen molar-refractivity contribution < 1.29 is 9.66 Å². The van der Waals surface area contributed by atoms with Gasteiger partial charge in [0.05, 0.1) is 29.9 Å². The van der Waals surface area contributed by atoms with Crippen LogP contribution in [0.3, 0.4) is 0 Å². The zero-order chi connectivity index (χ0) is 23.3. The Kier molecular flexibility index (Phi) is 6.31. The average Bonchev–Trinajstić information content (AvgIpc) is 3.27. The summed E-state index contributed by atoms with van der Waals surface area (Å²) in [6.45, 7) is 3.03. The molecule has 1 aromatic heterocycles. The predicted octanol–water partition coefficient (Wildman–Crippen LogP) is 5.00. The van der Waals surface area contributed by atoms with Gasteiger partial charge in [0, 0.05) is 36.3 Å². The first-order chi connectivity index (χ1) is 16.7. The Morgan fingerprint density at radius 2 is 1.82 bits per heavy atom. The fourth-order valence-electron chi connectivity index (χ4n) is 4.37. The number of aromatic nitrogens is 1. The molecule has 1 saturated heterocycles. The fourth-order valence-corrected chi connectivity index (χ4v) is 4.37. The molecule has 5 rings (SSSR count). The summed E-state index contributed by atoms with van der Waals surface area (Å²) in [6.07, 6.45) is 5.77. The number of hydrazone groups is 1. The van der Waals surface area contributed by atoms with Crippen molar-refractivity contribution in [3.63, 3.8) is 0 Å². The van der Waals surface area contributed by atoms with Crippen molar-refractivity contribution in [2.45, 2.75) is 12.8 Å². The molecule has 1 aliphatic heterocycles. The van der Waals surface area contributed by atoms with Crippen LogP contribution in [0, 0.1) is 10.1 Å². The molecule has 0 unspecified atom stereocenters. The lowest BCUT2D eigenvalue weighted by atomic mass is 10.1. The molecule has 8 heteroatoms. The summed E-state index contributed by atoms with van der Waals surface area (Å²) in [5.74, 6) is 0.697. The molecular formula is C26H25N5O3. The summed E-state index contributed by atoms with van der Waals surface area (Å²) >= 11 is 0. The number of benzene rings is 2. The largest absolute Gasteiger partial charge is 0.378 e. The van der Waals surface area contributed by atoms with Gasteiger partial charge >= 0.3 is 0 Å². The number of nitrogens with zero attached hydrogens (tertiary/aromatic N) is 4. The Morgan fingerprint density at radius 1 is 1.03 bits per heavy atom. The molecule has 0 spiro atoms. The maximum atomic E-state index is 11.0. The SMILES string of the molecule is O=[N+]([O-])c1ccc(C=C2CCC(C=NNc3ccc4ccccc4n3)=C2N2CCOCC2)cc1. The van der Waals surface area contributed by atoms with Crippen molar-refractivity contribution in [1.82, 2.24) is 9.88 Å². The predicted molar refractivity (Wildman–Crippen MR) is 134 cm³/mol. The molecule has 1 N–H and O–H groups in total. The third-order valence-corrected chi connectivity index (χ3v) is 6.04. The van der Waals surface area contributed by atoms with Crippen LogP contribution >= 0.6 is 0 Å². The summed E-state index contributed by atoms with van der Waals surface area (Å²) in [5, 5.41) is 16.5. The lowest BCUT2D eigenvalue weighted by molar-refractivity contribution is -0.384. The van der Waals surface area contributed by atoms with Crippen LogP contribution in [-0.2, 0) is 4.74 Å². The van der Waals surface area contributed by atoms with Crippen LogP contribution in [0.4, 0.5) is 11.5 Å². The lowest BCUT2D eigenvalue weighted by Crippen LogP contribution is -2.36. The molecule has 0 bridgehead atoms. The zero-order valence-corrected chi connectivity index (χ0v) is 18.7. The van der Waals surface area contributed by atoms with E-state index in [0.29, 0.717) is 19.0 Å². The summed E-state index contributed by atoms with van der Waals surface area (Å²) in [6, 6.07) is 18.6. The van der Waals surface area contributed by atoms with E-state index in [2.05, 4.69) is 26.5 Å². The molecule has 0 atom stereocenters. The van der Waals surface area contributed by atoms with Crippen molar-refractivity contribution in [1.29, 1.82) is 0 Å². The Labute approximate surface area is 197 Å². The molecule has 3 aromatic rings. The number of hydrogen-bond acceptors (Lipinski definition) is 7. The number of allylic oxidation sites excluding steroid dienone is 2. The van der Waals surface area contributed by atoms with Crippen molar-refractivity contribution in [3.05, 3.63) is 93.2 Å². The van der Waals surface area contributed by atoms with E-state index in [0.717, 1.165) is 48.0 Å². The number of anilines is 1. The van der Waals surface area contributed by atoms with Crippen molar-refractivity contribution in [2.24, 2.45) is 5.10 Å². The van der Waals surface area contributed by atoms with E-state index in [1.54, 1.807) is 24.3 Å². The van der Waals surface area contributed by atoms with E-state index in [-0.39, 0.29) is 10.6 Å². The van der Waals surface area contributed by atoms with Crippen molar-refractivity contribution in [2.75, 3.05) is 31.7 Å². The number of nitro benzene ring substituents is 1. The van der Waals surface area contributed by atoms with Gasteiger partial charge in [-0.05, 0) is 66.0 Å². The van der Waals surface area contributed by atoms with Gasteiger partial charge in [-0.25, -0.2) is 4.98 Å². The highest BCUT2D eigenvalue weighted by atomic mass is 16.6. The average molecular weight is 456 g/mol. The van der Waals surface area contributed by atoms with E-state index in [4.69, 9.17) is 4.74 Å². The van der Waals surface area contributed by atoms with Gasteiger partial charge in [0.15, 0.2) is 0 Å². The molecule has 172 valence electrons. The third kappa shape index (κ3) is 4.82. The molecule has 2 aliphatic rings. The van der Waals surface area contributed by atoms with Crippen molar-refractivity contribution in [3.8, 4) is 0 Å². The normalized spacial score (nSPS) is 17.8. The van der Waals surface area contributed by atoms with Crippen LogP contribution in [0.5, 0.6) is 0 Å². The highest BCUT2D eigenvalue weighted by molar-refractivity contribution is 5.85. The molecule has 0 saturated carbocycles. The summed E-state index contributed by atoms with van der Waals surface area (Å²) in [4.78, 5) is 17.5. The van der Waals surface area contributed by atoms with Crippen LogP contribution in [0.1, 0.15) is 18.4 Å². The zero-order valence-electron chi connectivity index (χ0n) is 18.7. The van der Waals surface area contributed by atoms with Gasteiger partial charge in [-0.15, -0.1) is 0 Å². The highest BCUT2D eigenvalue weighted by Gasteiger charge is 2.25. The standard InChI is InChI=1S/C26H25N5O3/c32-31(33)23-10-5-19(6-11-23)17-21-7-8-22(26(21)30-13-15-34-16-14-30)18-27-29-25-12-9-20-3-1-2-4-24(20)28-25/h1-6,9-12,17-18H,7-8,13-16H2,(H,28,29). The number of non-ortho nitro benzene ring substituents is 1. The first-order valence-electron chi connectivity index (χ1n) is 11.3. The number of morpholine rings is 1. The summed E-state index contributed by atoms with van der Waals surface area (Å²) in [7, 11) is 0. The monoisotopic (exact) mass is 455 g/mol. The second-order valence-electron chi connectivity index (χ2n) is 8.25. The molecular weight excluding hydrogens is 430 g/mol. The minimum Gasteiger partial charge on any atom is -0.378 e. The van der Waals surface area contributed by atoms with Gasteiger partial charge in [-0.2, -0.15) is 5.10 Å². The van der Waals surface area contributed by atoms with Crippen LogP contribution in [0.15, 0.2) is 82.6 Å². The van der Waals surface area contributed by atoms with Gasteiger partial charge in [-0.3, -0.25) is 15.5 Å². The number of nitrogens with one attached hydrogen (secondary N) is 1. The number of pyridine rings is 1. The second kappa shape index (κ2) is 9.84. The Morgan fingerprint density at radius 3 is 2.62 bits per heavy atom. The third-order valence-electron chi connectivity index (χ3n) is 6.04. The lowest BCUT2D eigenvalue weighted by Gasteiger charge is -2.31. The Balaban J connectivity index is 1.40. The summed E-state index contributed by atoms with van der Waals surface area (Å²) < 4.78 is 5.56. The van der Waals surface area contributed by atoms with E-state index >= 15 is 0 Å². The molecule has 0 amide bonds. The highest BCUT2D eigenvalue weighted by Crippen LogP contribution is 2.35. The fraction of sp³-hybridized carbons (Fsp3) is 0.231. The van der Waals surface area contributed by atoms with E-state index in [1.807, 2.05) is 42.6 Å². The van der Waals surface area contributed by atoms with Gasteiger partial charge in [-0.1, -0.05) is 18.2 Å². The number of fused-ring (bicyclic) bond motifs is 1. The van der Waals surface area contributed by atoms with Crippen LogP contribution < -0.4 is 5.43 Å². The van der Waals surface area contributed by atoms with Crippen molar-refractivity contribution >= 4 is 34.7 Å². The number of ether oxygens (including phenoxy) is 1. The molecule has 0 radical (unpaired) electrons. The first-order valence-corrected chi connectivity index (χ1v) is 11.3. The minimum absolute atomic E-state index is 0.0960. The molecule has 8 nitrogen and oxygen atoms in total. The van der Waals surface area contributed by atoms with E-state index < -0.39 is 0 Å². The number of para-hydroxylation sites is 1. The Bertz CT molecular complexity index is 1290. The van der Waals surface area contributed by atoms with Crippen LogP contribution in [-0.4, -0.2) is 47.3 Å². The molecule has 2 heterocycles. The second-order valence-corrected chi connectivity index (χ2v) is 8.25. The Hall–Kier alpha value is -4.04. The number of nitro groups is 1. The first kappa shape index (κ1) is 21.8.